The first-order valence-corrected chi connectivity index (χ1v) is 6.83. The quantitative estimate of drug-likeness (QED) is 0.772. The van der Waals surface area contributed by atoms with Gasteiger partial charge < -0.3 is 10.6 Å². The lowest BCUT2D eigenvalue weighted by Gasteiger charge is -2.22. The molecule has 0 saturated carbocycles. The normalized spacial score (nSPS) is 12.8. The first-order valence-electron chi connectivity index (χ1n) is 5.28. The lowest BCUT2D eigenvalue weighted by molar-refractivity contribution is 0.598. The number of nitrogen functional groups attached to an aromatic ring is 1. The van der Waals surface area contributed by atoms with Crippen LogP contribution in [-0.2, 0) is 10.0 Å². The number of anilines is 2. The number of nitriles is 1. The van der Waals surface area contributed by atoms with E-state index in [2.05, 4.69) is 6.07 Å². The minimum atomic E-state index is -3.76. The van der Waals surface area contributed by atoms with E-state index in [0.29, 0.717) is 17.9 Å². The van der Waals surface area contributed by atoms with Crippen LogP contribution >= 0.6 is 0 Å². The van der Waals surface area contributed by atoms with Crippen LogP contribution in [-0.4, -0.2) is 22.0 Å². The molecule has 4 N–H and O–H groups in total. The number of nitrogens with zero attached hydrogens (tertiary/aromatic N) is 2. The molecular weight excluding hydrogens is 252 g/mol. The average Bonchev–Trinajstić information content (AvgIpc) is 2.27. The Morgan fingerprint density at radius 1 is 1.50 bits per heavy atom. The van der Waals surface area contributed by atoms with Crippen molar-refractivity contribution in [3.63, 3.8) is 0 Å². The fourth-order valence-corrected chi connectivity index (χ4v) is 2.11. The molecule has 1 aromatic rings. The summed E-state index contributed by atoms with van der Waals surface area (Å²) < 4.78 is 22.5. The van der Waals surface area contributed by atoms with Crippen molar-refractivity contribution in [2.75, 3.05) is 24.2 Å². The molecule has 0 amide bonds. The minimum Gasteiger partial charge on any atom is -0.397 e. The van der Waals surface area contributed by atoms with E-state index >= 15 is 0 Å². The molecule has 1 aromatic carbocycles. The second kappa shape index (κ2) is 5.25. The largest absolute Gasteiger partial charge is 0.397 e. The summed E-state index contributed by atoms with van der Waals surface area (Å²) in [5, 5.41) is 13.8. The fourth-order valence-electron chi connectivity index (χ4n) is 1.58. The van der Waals surface area contributed by atoms with Crippen LogP contribution < -0.4 is 15.8 Å². The van der Waals surface area contributed by atoms with Crippen LogP contribution in [0.5, 0.6) is 0 Å². The van der Waals surface area contributed by atoms with Gasteiger partial charge >= 0.3 is 0 Å². The van der Waals surface area contributed by atoms with Crippen LogP contribution in [0, 0.1) is 17.2 Å². The molecule has 0 bridgehead atoms. The summed E-state index contributed by atoms with van der Waals surface area (Å²) in [7, 11) is -2.01. The zero-order valence-electron chi connectivity index (χ0n) is 10.3. The van der Waals surface area contributed by atoms with E-state index in [1.165, 1.54) is 18.2 Å². The van der Waals surface area contributed by atoms with Gasteiger partial charge in [-0.1, -0.05) is 0 Å². The van der Waals surface area contributed by atoms with Gasteiger partial charge in [-0.25, -0.2) is 13.6 Å². The van der Waals surface area contributed by atoms with Gasteiger partial charge in [0.2, 0.25) is 10.0 Å². The van der Waals surface area contributed by atoms with Crippen LogP contribution in [0.25, 0.3) is 0 Å². The molecule has 1 rings (SSSR count). The number of hydrogen-bond acceptors (Lipinski definition) is 5. The Labute approximate surface area is 107 Å². The summed E-state index contributed by atoms with van der Waals surface area (Å²) >= 11 is 0. The molecule has 0 fully saturated rings. The number of hydrogen-bond donors (Lipinski definition) is 2. The maximum Gasteiger partial charge on any atom is 0.238 e. The zero-order chi connectivity index (χ0) is 13.9. The third-order valence-electron chi connectivity index (χ3n) is 2.51. The molecule has 0 aliphatic heterocycles. The summed E-state index contributed by atoms with van der Waals surface area (Å²) in [4.78, 5) is 1.74. The van der Waals surface area contributed by atoms with Gasteiger partial charge in [0.1, 0.15) is 0 Å². The molecule has 0 aliphatic rings. The Bertz CT molecular complexity index is 577. The van der Waals surface area contributed by atoms with Gasteiger partial charge in [-0.05, 0) is 25.1 Å². The maximum atomic E-state index is 11.3. The predicted octanol–water partition coefficient (Wildman–Crippen LogP) is 0.512. The van der Waals surface area contributed by atoms with E-state index in [1.54, 1.807) is 18.9 Å². The Balaban J connectivity index is 3.13. The van der Waals surface area contributed by atoms with E-state index in [9.17, 15) is 8.42 Å². The standard InChI is InChI=1S/C11H16N4O2S/c1-8(6-12)7-15(2)11-5-9(18(14,16)17)3-4-10(11)13/h3-5,8H,7,13H2,1-2H3,(H2,14,16,17). The highest BCUT2D eigenvalue weighted by molar-refractivity contribution is 7.89. The highest BCUT2D eigenvalue weighted by atomic mass is 32.2. The molecule has 0 spiro atoms. The smallest absolute Gasteiger partial charge is 0.238 e. The number of rotatable bonds is 4. The molecule has 1 atom stereocenters. The van der Waals surface area contributed by atoms with Gasteiger partial charge in [-0.3, -0.25) is 0 Å². The van der Waals surface area contributed by atoms with E-state index in [4.69, 9.17) is 16.1 Å². The number of primary sulfonamides is 1. The lowest BCUT2D eigenvalue weighted by atomic mass is 10.2. The molecule has 6 nitrogen and oxygen atoms in total. The Morgan fingerprint density at radius 2 is 2.11 bits per heavy atom. The highest BCUT2D eigenvalue weighted by Crippen LogP contribution is 2.25. The number of sulfonamides is 1. The lowest BCUT2D eigenvalue weighted by Crippen LogP contribution is -2.24. The summed E-state index contributed by atoms with van der Waals surface area (Å²) in [6.45, 7) is 2.23. The third-order valence-corrected chi connectivity index (χ3v) is 3.42. The topological polar surface area (TPSA) is 113 Å². The third kappa shape index (κ3) is 3.35. The van der Waals surface area contributed by atoms with Crippen molar-refractivity contribution in [1.29, 1.82) is 5.26 Å². The van der Waals surface area contributed by atoms with Crippen LogP contribution in [0.3, 0.4) is 0 Å². The van der Waals surface area contributed by atoms with Crippen molar-refractivity contribution >= 4 is 21.4 Å². The van der Waals surface area contributed by atoms with Crippen molar-refractivity contribution in [1.82, 2.24) is 0 Å². The molecule has 1 unspecified atom stereocenters. The summed E-state index contributed by atoms with van der Waals surface area (Å²) in [5.41, 5.74) is 6.78. The van der Waals surface area contributed by atoms with Gasteiger partial charge in [-0.2, -0.15) is 5.26 Å². The summed E-state index contributed by atoms with van der Waals surface area (Å²) in [6.07, 6.45) is 0. The van der Waals surface area contributed by atoms with E-state index < -0.39 is 10.0 Å². The molecule has 18 heavy (non-hydrogen) atoms. The van der Waals surface area contributed by atoms with Crippen molar-refractivity contribution < 1.29 is 8.42 Å². The molecule has 0 heterocycles. The Morgan fingerprint density at radius 3 is 2.61 bits per heavy atom. The number of benzene rings is 1. The van der Waals surface area contributed by atoms with Crippen LogP contribution in [0.1, 0.15) is 6.92 Å². The van der Waals surface area contributed by atoms with Crippen molar-refractivity contribution in [3.8, 4) is 6.07 Å². The SMILES string of the molecule is CC(C#N)CN(C)c1cc(S(N)(=O)=O)ccc1N. The van der Waals surface area contributed by atoms with E-state index in [0.717, 1.165) is 0 Å². The molecule has 7 heteroatoms. The van der Waals surface area contributed by atoms with E-state index in [-0.39, 0.29) is 10.8 Å². The monoisotopic (exact) mass is 268 g/mol. The van der Waals surface area contributed by atoms with Crippen LogP contribution in [0.4, 0.5) is 11.4 Å². The molecular formula is C11H16N4O2S. The van der Waals surface area contributed by atoms with Crippen molar-refractivity contribution in [3.05, 3.63) is 18.2 Å². The van der Waals surface area contributed by atoms with Gasteiger partial charge in [0.05, 0.1) is 28.3 Å². The first-order chi connectivity index (χ1) is 8.25. The van der Waals surface area contributed by atoms with Crippen LogP contribution in [0.2, 0.25) is 0 Å². The maximum absolute atomic E-state index is 11.3. The summed E-state index contributed by atoms with van der Waals surface area (Å²) in [6, 6.07) is 6.36. The Kier molecular flexibility index (Phi) is 4.16. The molecule has 0 saturated heterocycles. The first kappa shape index (κ1) is 14.3. The fraction of sp³-hybridized carbons (Fsp3) is 0.364. The van der Waals surface area contributed by atoms with Gasteiger partial charge in [0.25, 0.3) is 0 Å². The molecule has 0 aliphatic carbocycles. The highest BCUT2D eigenvalue weighted by Gasteiger charge is 2.14. The van der Waals surface area contributed by atoms with E-state index in [1.807, 2.05) is 0 Å². The minimum absolute atomic E-state index is 0.00293. The molecule has 0 radical (unpaired) electrons. The second-order valence-electron chi connectivity index (χ2n) is 4.18. The second-order valence-corrected chi connectivity index (χ2v) is 5.74. The average molecular weight is 268 g/mol. The molecule has 0 aromatic heterocycles. The van der Waals surface area contributed by atoms with Gasteiger partial charge in [0.15, 0.2) is 0 Å². The van der Waals surface area contributed by atoms with Crippen molar-refractivity contribution in [2.24, 2.45) is 11.1 Å². The molecule has 98 valence electrons. The zero-order valence-corrected chi connectivity index (χ0v) is 11.1. The Hall–Kier alpha value is -1.78. The predicted molar refractivity (Wildman–Crippen MR) is 70.3 cm³/mol. The summed E-state index contributed by atoms with van der Waals surface area (Å²) in [5.74, 6) is -0.187. The number of nitrogens with two attached hydrogens (primary N) is 2. The van der Waals surface area contributed by atoms with Crippen molar-refractivity contribution in [2.45, 2.75) is 11.8 Å². The van der Waals surface area contributed by atoms with Crippen LogP contribution in [0.15, 0.2) is 23.1 Å². The van der Waals surface area contributed by atoms with Gasteiger partial charge in [0, 0.05) is 13.6 Å². The van der Waals surface area contributed by atoms with Gasteiger partial charge in [-0.15, -0.1) is 0 Å².